The van der Waals surface area contributed by atoms with Crippen LogP contribution in [0, 0.1) is 0 Å². The van der Waals surface area contributed by atoms with Gasteiger partial charge in [-0.25, -0.2) is 0 Å². The zero-order valence-corrected chi connectivity index (χ0v) is 13.5. The second-order valence-corrected chi connectivity index (χ2v) is 5.52. The van der Waals surface area contributed by atoms with Crippen molar-refractivity contribution in [3.8, 4) is 11.1 Å². The first-order chi connectivity index (χ1) is 11.2. The molecule has 3 rings (SSSR count). The normalized spacial score (nSPS) is 10.9. The molecule has 0 saturated heterocycles. The van der Waals surface area contributed by atoms with Crippen molar-refractivity contribution in [2.75, 3.05) is 5.43 Å². The van der Waals surface area contributed by atoms with E-state index in [0.29, 0.717) is 16.0 Å². The van der Waals surface area contributed by atoms with Crippen LogP contribution in [-0.4, -0.2) is 16.4 Å². The lowest BCUT2D eigenvalue weighted by atomic mass is 10.1. The molecule has 0 unspecified atom stereocenters. The molecule has 4 nitrogen and oxygen atoms in total. The third-order valence-corrected chi connectivity index (χ3v) is 3.63. The van der Waals surface area contributed by atoms with Crippen molar-refractivity contribution in [2.45, 2.75) is 0 Å². The Balaban J connectivity index is 1.77. The third-order valence-electron chi connectivity index (χ3n) is 3.10. The minimum atomic E-state index is 0.350. The Bertz CT molecular complexity index is 818. The molecule has 0 saturated carbocycles. The molecule has 114 valence electrons. The van der Waals surface area contributed by atoms with Crippen LogP contribution in [0.5, 0.6) is 0 Å². The fourth-order valence-electron chi connectivity index (χ4n) is 1.97. The Hall–Kier alpha value is -2.43. The van der Waals surface area contributed by atoms with Gasteiger partial charge in [-0.15, -0.1) is 10.2 Å². The highest BCUT2D eigenvalue weighted by Gasteiger charge is 2.06. The summed E-state index contributed by atoms with van der Waals surface area (Å²) in [6.07, 6.45) is 1.68. The number of halogens is 2. The molecule has 3 aromatic rings. The van der Waals surface area contributed by atoms with Crippen LogP contribution in [0.3, 0.4) is 0 Å². The molecule has 1 N–H and O–H groups in total. The summed E-state index contributed by atoms with van der Waals surface area (Å²) in [6, 6.07) is 18.9. The molecule has 0 amide bonds. The summed E-state index contributed by atoms with van der Waals surface area (Å²) in [5.74, 6) is 0.512. The molecule has 1 heterocycles. The molecule has 0 atom stereocenters. The third kappa shape index (κ3) is 4.06. The van der Waals surface area contributed by atoms with Crippen LogP contribution in [-0.2, 0) is 0 Å². The van der Waals surface area contributed by atoms with Gasteiger partial charge < -0.3 is 0 Å². The summed E-state index contributed by atoms with van der Waals surface area (Å²) in [7, 11) is 0. The van der Waals surface area contributed by atoms with Crippen LogP contribution < -0.4 is 5.43 Å². The second kappa shape index (κ2) is 7.22. The van der Waals surface area contributed by atoms with Gasteiger partial charge >= 0.3 is 0 Å². The average molecular weight is 343 g/mol. The lowest BCUT2D eigenvalue weighted by Crippen LogP contribution is -1.97. The predicted octanol–water partition coefficient (Wildman–Crippen LogP) is 4.90. The molecule has 1 aromatic heterocycles. The minimum absolute atomic E-state index is 0.350. The van der Waals surface area contributed by atoms with E-state index in [0.717, 1.165) is 16.7 Å². The second-order valence-electron chi connectivity index (χ2n) is 4.72. The van der Waals surface area contributed by atoms with Gasteiger partial charge in [0.25, 0.3) is 0 Å². The molecule has 6 heteroatoms. The average Bonchev–Trinajstić information content (AvgIpc) is 2.59. The molecular formula is C17H12Cl2N4. The first-order valence-electron chi connectivity index (χ1n) is 6.86. The zero-order valence-electron chi connectivity index (χ0n) is 11.9. The molecule has 23 heavy (non-hydrogen) atoms. The number of benzene rings is 2. The van der Waals surface area contributed by atoms with Crippen molar-refractivity contribution in [3.05, 3.63) is 76.4 Å². The van der Waals surface area contributed by atoms with Crippen LogP contribution in [0.15, 0.2) is 65.8 Å². The van der Waals surface area contributed by atoms with Crippen molar-refractivity contribution in [3.63, 3.8) is 0 Å². The summed E-state index contributed by atoms with van der Waals surface area (Å²) in [5.41, 5.74) is 5.54. The number of hydrogen-bond acceptors (Lipinski definition) is 4. The van der Waals surface area contributed by atoms with Crippen LogP contribution in [0.2, 0.25) is 10.2 Å². The number of aromatic nitrogens is 2. The zero-order chi connectivity index (χ0) is 16.1. The Morgan fingerprint density at radius 1 is 0.913 bits per heavy atom. The van der Waals surface area contributed by atoms with Crippen LogP contribution in [0.4, 0.5) is 5.82 Å². The molecule has 0 spiro atoms. The maximum Gasteiger partial charge on any atom is 0.169 e. The van der Waals surface area contributed by atoms with Crippen molar-refractivity contribution >= 4 is 35.2 Å². The monoisotopic (exact) mass is 342 g/mol. The Morgan fingerprint density at radius 3 is 2.39 bits per heavy atom. The number of rotatable bonds is 4. The molecule has 2 aromatic carbocycles. The highest BCUT2D eigenvalue weighted by molar-refractivity contribution is 6.32. The fourth-order valence-corrected chi connectivity index (χ4v) is 2.30. The minimum Gasteiger partial charge on any atom is -0.260 e. The molecule has 0 aliphatic heterocycles. The first-order valence-corrected chi connectivity index (χ1v) is 7.61. The molecule has 0 radical (unpaired) electrons. The molecule has 0 fully saturated rings. The van der Waals surface area contributed by atoms with Crippen molar-refractivity contribution in [2.24, 2.45) is 5.10 Å². The first kappa shape index (κ1) is 15.5. The van der Waals surface area contributed by atoms with Gasteiger partial charge in [0.15, 0.2) is 11.0 Å². The lowest BCUT2D eigenvalue weighted by Gasteiger charge is -2.05. The van der Waals surface area contributed by atoms with Crippen LogP contribution >= 0.6 is 23.2 Å². The molecular weight excluding hydrogens is 331 g/mol. The smallest absolute Gasteiger partial charge is 0.169 e. The van der Waals surface area contributed by atoms with E-state index in [9.17, 15) is 0 Å². The van der Waals surface area contributed by atoms with E-state index in [4.69, 9.17) is 23.2 Å². The van der Waals surface area contributed by atoms with E-state index >= 15 is 0 Å². The van der Waals surface area contributed by atoms with Gasteiger partial charge in [0.05, 0.1) is 6.21 Å². The van der Waals surface area contributed by atoms with Gasteiger partial charge in [-0.1, -0.05) is 65.7 Å². The van der Waals surface area contributed by atoms with Gasteiger partial charge in [0.2, 0.25) is 0 Å². The number of hydrogen-bond donors (Lipinski definition) is 1. The Kier molecular flexibility index (Phi) is 4.86. The van der Waals surface area contributed by atoms with E-state index in [2.05, 4.69) is 20.7 Å². The van der Waals surface area contributed by atoms with Gasteiger partial charge in [0.1, 0.15) is 0 Å². The summed E-state index contributed by atoms with van der Waals surface area (Å²) >= 11 is 12.0. The molecule has 0 bridgehead atoms. The maximum atomic E-state index is 6.12. The van der Waals surface area contributed by atoms with Crippen LogP contribution in [0.1, 0.15) is 5.56 Å². The van der Waals surface area contributed by atoms with Crippen LogP contribution in [0.25, 0.3) is 11.1 Å². The van der Waals surface area contributed by atoms with E-state index in [1.54, 1.807) is 18.3 Å². The highest BCUT2D eigenvalue weighted by atomic mass is 35.5. The summed E-state index contributed by atoms with van der Waals surface area (Å²) in [5, 5.41) is 13.1. The summed E-state index contributed by atoms with van der Waals surface area (Å²) < 4.78 is 0. The summed E-state index contributed by atoms with van der Waals surface area (Å²) in [6.45, 7) is 0. The fraction of sp³-hybridized carbons (Fsp3) is 0. The SMILES string of the molecule is Clc1ccc(/C=N/Nc2cc(-c3ccccc3)c(Cl)nn2)cc1. The van der Waals surface area contributed by atoms with E-state index in [1.165, 1.54) is 0 Å². The van der Waals surface area contributed by atoms with E-state index in [1.807, 2.05) is 48.5 Å². The Morgan fingerprint density at radius 2 is 1.65 bits per heavy atom. The molecule has 0 aliphatic carbocycles. The van der Waals surface area contributed by atoms with Gasteiger partial charge in [-0.05, 0) is 29.3 Å². The lowest BCUT2D eigenvalue weighted by molar-refractivity contribution is 1.02. The van der Waals surface area contributed by atoms with E-state index < -0.39 is 0 Å². The predicted molar refractivity (Wildman–Crippen MR) is 95.1 cm³/mol. The maximum absolute atomic E-state index is 6.12. The number of nitrogens with one attached hydrogen (secondary N) is 1. The molecule has 0 aliphatic rings. The standard InChI is InChI=1S/C17H12Cl2N4/c18-14-8-6-12(7-9-14)11-20-21-16-10-15(17(19)23-22-16)13-4-2-1-3-5-13/h1-11H,(H,21,22)/b20-11+. The van der Waals surface area contributed by atoms with E-state index in [-0.39, 0.29) is 0 Å². The Labute approximate surface area is 143 Å². The largest absolute Gasteiger partial charge is 0.260 e. The number of nitrogens with zero attached hydrogens (tertiary/aromatic N) is 3. The highest BCUT2D eigenvalue weighted by Crippen LogP contribution is 2.27. The number of anilines is 1. The van der Waals surface area contributed by atoms with Crippen molar-refractivity contribution in [1.82, 2.24) is 10.2 Å². The van der Waals surface area contributed by atoms with Gasteiger partial charge in [-0.3, -0.25) is 5.43 Å². The van der Waals surface area contributed by atoms with Crippen molar-refractivity contribution < 1.29 is 0 Å². The van der Waals surface area contributed by atoms with Gasteiger partial charge in [0, 0.05) is 10.6 Å². The van der Waals surface area contributed by atoms with Crippen molar-refractivity contribution in [1.29, 1.82) is 0 Å². The summed E-state index contributed by atoms with van der Waals surface area (Å²) in [4.78, 5) is 0. The quantitative estimate of drug-likeness (QED) is 0.542. The number of hydrazone groups is 1. The topological polar surface area (TPSA) is 50.2 Å². The van der Waals surface area contributed by atoms with Gasteiger partial charge in [-0.2, -0.15) is 5.10 Å².